The van der Waals surface area contributed by atoms with Crippen LogP contribution >= 0.6 is 11.6 Å². The molecule has 2 aromatic rings. The minimum absolute atomic E-state index is 0.567. The van der Waals surface area contributed by atoms with Gasteiger partial charge in [0.05, 0.1) is 19.2 Å². The minimum atomic E-state index is -1.68. The molecule has 0 saturated carbocycles. The van der Waals surface area contributed by atoms with E-state index in [4.69, 9.17) is 25.5 Å². The van der Waals surface area contributed by atoms with Crippen molar-refractivity contribution in [1.82, 2.24) is 4.57 Å². The number of hydrogen-bond acceptors (Lipinski definition) is 4. The molecule has 0 aliphatic heterocycles. The number of para-hydroxylation sites is 1. The molecule has 0 fully saturated rings. The van der Waals surface area contributed by atoms with Crippen LogP contribution in [0.1, 0.15) is 11.1 Å². The van der Waals surface area contributed by atoms with Crippen LogP contribution in [0.15, 0.2) is 36.4 Å². The molecule has 30 heavy (non-hydrogen) atoms. The van der Waals surface area contributed by atoms with Crippen molar-refractivity contribution in [3.05, 3.63) is 52.5 Å². The zero-order valence-electron chi connectivity index (χ0n) is 19.6. The van der Waals surface area contributed by atoms with Crippen molar-refractivity contribution in [3.8, 4) is 17.2 Å². The van der Waals surface area contributed by atoms with E-state index in [1.54, 1.807) is 14.2 Å². The molecule has 0 aromatic heterocycles. The molecular formula is C23H36ClNO3Si2. The Balaban J connectivity index is 2.26. The van der Waals surface area contributed by atoms with Crippen LogP contribution in [0.3, 0.4) is 0 Å². The molecule has 0 atom stereocenters. The predicted molar refractivity (Wildman–Crippen MR) is 132 cm³/mol. The molecule has 0 aliphatic rings. The van der Waals surface area contributed by atoms with Gasteiger partial charge in [-0.05, 0) is 50.3 Å². The third-order valence-corrected chi connectivity index (χ3v) is 8.31. The Labute approximate surface area is 189 Å². The van der Waals surface area contributed by atoms with Gasteiger partial charge >= 0.3 is 0 Å². The van der Waals surface area contributed by atoms with Crippen molar-refractivity contribution in [3.63, 3.8) is 0 Å². The first-order valence-electron chi connectivity index (χ1n) is 10.4. The molecule has 0 radical (unpaired) electrons. The standard InChI is InChI=1S/C23H36ClNO3Si2/c1-26-22-16-20(24)23(27-2)15-18(22)13-14-25(29(3,4)5)17-19-11-9-10-12-21(19)28-30(6,7)8/h9-12,15-16H,13-14,17H2,1-8H3. The third kappa shape index (κ3) is 7.05. The number of ether oxygens (including phenoxy) is 2. The Morgan fingerprint density at radius 1 is 0.833 bits per heavy atom. The maximum atomic E-state index is 6.37. The van der Waals surface area contributed by atoms with Gasteiger partial charge in [-0.2, -0.15) is 0 Å². The van der Waals surface area contributed by atoms with Crippen molar-refractivity contribution in [1.29, 1.82) is 0 Å². The maximum Gasteiger partial charge on any atom is 0.242 e. The average Bonchev–Trinajstić information content (AvgIpc) is 2.64. The van der Waals surface area contributed by atoms with Crippen molar-refractivity contribution >= 4 is 28.2 Å². The smallest absolute Gasteiger partial charge is 0.242 e. The highest BCUT2D eigenvalue weighted by atomic mass is 35.5. The second kappa shape index (κ2) is 10.2. The average molecular weight is 466 g/mol. The molecule has 0 aliphatic carbocycles. The topological polar surface area (TPSA) is 30.9 Å². The van der Waals surface area contributed by atoms with Crippen LogP contribution < -0.4 is 13.9 Å². The normalized spacial score (nSPS) is 12.2. The fraction of sp³-hybridized carbons (Fsp3) is 0.478. The second-order valence-corrected chi connectivity index (χ2v) is 19.3. The number of hydrogen-bond donors (Lipinski definition) is 0. The lowest BCUT2D eigenvalue weighted by molar-refractivity contribution is 0.387. The van der Waals surface area contributed by atoms with E-state index in [-0.39, 0.29) is 0 Å². The van der Waals surface area contributed by atoms with Crippen molar-refractivity contribution in [2.45, 2.75) is 52.2 Å². The monoisotopic (exact) mass is 465 g/mol. The van der Waals surface area contributed by atoms with Gasteiger partial charge in [-0.3, -0.25) is 0 Å². The quantitative estimate of drug-likeness (QED) is 0.377. The Hall–Kier alpha value is -1.48. The molecule has 2 aromatic carbocycles. The number of benzene rings is 2. The summed E-state index contributed by atoms with van der Waals surface area (Å²) in [7, 11) is 0.0724. The van der Waals surface area contributed by atoms with Crippen molar-refractivity contribution in [2.24, 2.45) is 0 Å². The summed E-state index contributed by atoms with van der Waals surface area (Å²) in [5.41, 5.74) is 2.36. The Morgan fingerprint density at radius 2 is 1.47 bits per heavy atom. The van der Waals surface area contributed by atoms with E-state index in [2.05, 4.69) is 68.1 Å². The van der Waals surface area contributed by atoms with Crippen LogP contribution in [0.5, 0.6) is 17.2 Å². The van der Waals surface area contributed by atoms with Gasteiger partial charge in [0.15, 0.2) is 0 Å². The molecular weight excluding hydrogens is 430 g/mol. The SMILES string of the molecule is COc1cc(CCN(Cc2ccccc2O[Si](C)(C)C)[Si](C)(C)C)c(OC)cc1Cl. The minimum Gasteiger partial charge on any atom is -0.544 e. The highest BCUT2D eigenvalue weighted by Gasteiger charge is 2.26. The van der Waals surface area contributed by atoms with Gasteiger partial charge < -0.3 is 18.5 Å². The lowest BCUT2D eigenvalue weighted by Gasteiger charge is -2.35. The Bertz CT molecular complexity index is 847. The van der Waals surface area contributed by atoms with Crippen LogP contribution in [0.25, 0.3) is 0 Å². The van der Waals surface area contributed by atoms with Gasteiger partial charge in [0.2, 0.25) is 8.32 Å². The molecule has 0 amide bonds. The number of nitrogens with zero attached hydrogens (tertiary/aromatic N) is 1. The number of methoxy groups -OCH3 is 2. The summed E-state index contributed by atoms with van der Waals surface area (Å²) in [5.74, 6) is 2.50. The van der Waals surface area contributed by atoms with Gasteiger partial charge in [0.1, 0.15) is 25.5 Å². The summed E-state index contributed by atoms with van der Waals surface area (Å²) in [6.45, 7) is 15.6. The van der Waals surface area contributed by atoms with Gasteiger partial charge in [-0.15, -0.1) is 0 Å². The molecule has 0 N–H and O–H groups in total. The first-order chi connectivity index (χ1) is 13.9. The highest BCUT2D eigenvalue weighted by molar-refractivity contribution is 6.73. The van der Waals surface area contributed by atoms with E-state index in [0.717, 1.165) is 36.6 Å². The van der Waals surface area contributed by atoms with Crippen molar-refractivity contribution in [2.75, 3.05) is 20.8 Å². The first kappa shape index (κ1) is 24.8. The van der Waals surface area contributed by atoms with Crippen LogP contribution in [0.2, 0.25) is 44.3 Å². The Morgan fingerprint density at radius 3 is 2.03 bits per heavy atom. The maximum absolute atomic E-state index is 6.37. The van der Waals surface area contributed by atoms with Crippen LogP contribution in [0, 0.1) is 0 Å². The van der Waals surface area contributed by atoms with E-state index >= 15 is 0 Å². The summed E-state index contributed by atoms with van der Waals surface area (Å²) in [4.78, 5) is 0. The lowest BCUT2D eigenvalue weighted by atomic mass is 10.1. The fourth-order valence-electron chi connectivity index (χ4n) is 3.30. The second-order valence-electron chi connectivity index (χ2n) is 9.46. The molecule has 2 rings (SSSR count). The van der Waals surface area contributed by atoms with Crippen LogP contribution in [-0.4, -0.2) is 41.9 Å². The number of halogens is 1. The summed E-state index contributed by atoms with van der Waals surface area (Å²) >= 11 is 6.27. The van der Waals surface area contributed by atoms with Crippen LogP contribution in [-0.2, 0) is 13.0 Å². The highest BCUT2D eigenvalue weighted by Crippen LogP contribution is 2.33. The first-order valence-corrected chi connectivity index (χ1v) is 17.6. The van der Waals surface area contributed by atoms with E-state index < -0.39 is 16.6 Å². The predicted octanol–water partition coefficient (Wildman–Crippen LogP) is 6.45. The third-order valence-electron chi connectivity index (χ3n) is 4.90. The van der Waals surface area contributed by atoms with Gasteiger partial charge in [0.25, 0.3) is 0 Å². The van der Waals surface area contributed by atoms with Gasteiger partial charge in [-0.1, -0.05) is 49.4 Å². The van der Waals surface area contributed by atoms with Gasteiger partial charge in [0, 0.05) is 18.2 Å². The van der Waals surface area contributed by atoms with E-state index in [0.29, 0.717) is 10.8 Å². The van der Waals surface area contributed by atoms with Crippen LogP contribution in [0.4, 0.5) is 0 Å². The summed E-state index contributed by atoms with van der Waals surface area (Å²) < 4.78 is 20.0. The molecule has 0 unspecified atom stereocenters. The fourth-order valence-corrected chi connectivity index (χ4v) is 5.81. The molecule has 7 heteroatoms. The van der Waals surface area contributed by atoms with Crippen molar-refractivity contribution < 1.29 is 13.9 Å². The summed E-state index contributed by atoms with van der Waals surface area (Å²) in [5, 5.41) is 0.567. The zero-order valence-corrected chi connectivity index (χ0v) is 22.4. The molecule has 4 nitrogen and oxygen atoms in total. The summed E-state index contributed by atoms with van der Waals surface area (Å²) in [6.07, 6.45) is 0.859. The molecule has 0 spiro atoms. The molecule has 0 saturated heterocycles. The lowest BCUT2D eigenvalue weighted by Crippen LogP contribution is -2.46. The summed E-state index contributed by atoms with van der Waals surface area (Å²) in [6, 6.07) is 12.3. The van der Waals surface area contributed by atoms with E-state index in [9.17, 15) is 0 Å². The zero-order chi connectivity index (χ0) is 22.5. The van der Waals surface area contributed by atoms with Gasteiger partial charge in [-0.25, -0.2) is 0 Å². The molecule has 166 valence electrons. The molecule has 0 bridgehead atoms. The number of rotatable bonds is 10. The molecule has 0 heterocycles. The van der Waals surface area contributed by atoms with E-state index in [1.807, 2.05) is 12.1 Å². The largest absolute Gasteiger partial charge is 0.544 e. The Kier molecular flexibility index (Phi) is 8.45. The van der Waals surface area contributed by atoms with E-state index in [1.165, 1.54) is 5.56 Å².